The molecule has 26 heavy (non-hydrogen) atoms. The molecule has 0 saturated carbocycles. The number of amides is 2. The molecule has 152 valence electrons. The number of unbranched alkanes of at least 4 members (excludes halogenated alkanes) is 8. The Morgan fingerprint density at radius 1 is 0.923 bits per heavy atom. The summed E-state index contributed by atoms with van der Waals surface area (Å²) in [5.74, 6) is -1.21. The third kappa shape index (κ3) is 7.35. The Labute approximate surface area is 158 Å². The Balaban J connectivity index is 2.69. The summed E-state index contributed by atoms with van der Waals surface area (Å²) in [5.41, 5.74) is 0. The fourth-order valence-corrected chi connectivity index (χ4v) is 4.33. The molecule has 1 atom stereocenters. The van der Waals surface area contributed by atoms with Crippen LogP contribution in [0.4, 0.5) is 0 Å². The number of hydrogen-bond acceptors (Lipinski definition) is 4. The summed E-state index contributed by atoms with van der Waals surface area (Å²) in [6, 6.07) is -0.245. The van der Waals surface area contributed by atoms with E-state index >= 15 is 0 Å². The van der Waals surface area contributed by atoms with Gasteiger partial charge in [0.15, 0.2) is 5.25 Å². The first-order valence-electron chi connectivity index (χ1n) is 10.1. The van der Waals surface area contributed by atoms with Crippen molar-refractivity contribution in [3.8, 4) is 0 Å². The average molecular weight is 390 g/mol. The summed E-state index contributed by atoms with van der Waals surface area (Å²) < 4.78 is 32.0. The van der Waals surface area contributed by atoms with Gasteiger partial charge in [-0.2, -0.15) is 8.42 Å². The van der Waals surface area contributed by atoms with Gasteiger partial charge in [-0.15, -0.1) is 0 Å². The molecule has 0 aromatic heterocycles. The van der Waals surface area contributed by atoms with E-state index in [9.17, 15) is 22.6 Å². The minimum Gasteiger partial charge on any atom is -0.285 e. The molecule has 0 spiro atoms. The molecule has 1 rings (SSSR count). The van der Waals surface area contributed by atoms with Gasteiger partial charge in [-0.25, -0.2) is 0 Å². The molecule has 0 radical (unpaired) electrons. The highest BCUT2D eigenvalue weighted by molar-refractivity contribution is 7.87. The molecule has 7 heteroatoms. The van der Waals surface area contributed by atoms with E-state index in [1.165, 1.54) is 12.8 Å². The van der Waals surface area contributed by atoms with Crippen LogP contribution in [0, 0.1) is 0 Å². The zero-order valence-electron chi connectivity index (χ0n) is 16.3. The summed E-state index contributed by atoms with van der Waals surface area (Å²) in [6.45, 7) is 4.30. The van der Waals surface area contributed by atoms with Crippen LogP contribution in [0.2, 0.25) is 0 Å². The molecule has 1 aliphatic heterocycles. The lowest BCUT2D eigenvalue weighted by atomic mass is 9.99. The molecule has 0 aliphatic carbocycles. The largest absolute Gasteiger partial charge is 0.285 e. The molecule has 1 fully saturated rings. The number of likely N-dealkylation sites (tertiary alicyclic amines) is 1. The summed E-state index contributed by atoms with van der Waals surface area (Å²) in [6.07, 6.45) is 11.9. The second-order valence-corrected chi connectivity index (χ2v) is 8.97. The molecule has 0 aromatic carbocycles. The predicted octanol–water partition coefficient (Wildman–Crippen LogP) is 4.09. The highest BCUT2D eigenvalue weighted by atomic mass is 32.2. The third-order valence-electron chi connectivity index (χ3n) is 5.15. The minimum absolute atomic E-state index is 0.245. The summed E-state index contributed by atoms with van der Waals surface area (Å²) >= 11 is 0. The zero-order valence-corrected chi connectivity index (χ0v) is 17.1. The van der Waals surface area contributed by atoms with E-state index in [0.717, 1.165) is 56.3 Å². The smallest absolute Gasteiger partial charge is 0.277 e. The molecule has 0 aromatic rings. The molecule has 6 nitrogen and oxygen atoms in total. The van der Waals surface area contributed by atoms with Gasteiger partial charge in [0.25, 0.3) is 16.0 Å². The van der Waals surface area contributed by atoms with Crippen molar-refractivity contribution in [2.45, 2.75) is 109 Å². The van der Waals surface area contributed by atoms with Crippen LogP contribution in [0.1, 0.15) is 97.3 Å². The monoisotopic (exact) mass is 389 g/mol. The van der Waals surface area contributed by atoms with Crippen molar-refractivity contribution in [1.29, 1.82) is 0 Å². The van der Waals surface area contributed by atoms with Gasteiger partial charge >= 0.3 is 0 Å². The molecular formula is C19H35NO5S. The average Bonchev–Trinajstić information content (AvgIpc) is 2.87. The lowest BCUT2D eigenvalue weighted by molar-refractivity contribution is -0.141. The normalized spacial score (nSPS) is 18.3. The van der Waals surface area contributed by atoms with E-state index in [2.05, 4.69) is 13.8 Å². The zero-order chi connectivity index (χ0) is 19.6. The van der Waals surface area contributed by atoms with Crippen molar-refractivity contribution >= 4 is 21.9 Å². The molecule has 1 N–H and O–H groups in total. The lowest BCUT2D eigenvalue weighted by Gasteiger charge is -2.26. The SMILES string of the molecule is CCCCCCCC(CCCCCCC)N1C(=O)CC(S(=O)(=O)O)C1=O. The van der Waals surface area contributed by atoms with E-state index in [-0.39, 0.29) is 6.04 Å². The molecule has 0 bridgehead atoms. The molecule has 1 aliphatic rings. The van der Waals surface area contributed by atoms with Crippen molar-refractivity contribution in [3.05, 3.63) is 0 Å². The molecule has 2 amide bonds. The second kappa shape index (κ2) is 11.7. The number of carbonyl (C=O) groups is 2. The number of hydrogen-bond donors (Lipinski definition) is 1. The van der Waals surface area contributed by atoms with Crippen LogP contribution >= 0.6 is 0 Å². The van der Waals surface area contributed by atoms with Crippen LogP contribution in [0.25, 0.3) is 0 Å². The van der Waals surface area contributed by atoms with Crippen LogP contribution in [-0.4, -0.2) is 41.0 Å². The number of nitrogens with zero attached hydrogens (tertiary/aromatic N) is 1. The van der Waals surface area contributed by atoms with Crippen LogP contribution in [0.5, 0.6) is 0 Å². The maximum atomic E-state index is 12.4. The molecule has 1 unspecified atom stereocenters. The van der Waals surface area contributed by atoms with E-state index < -0.39 is 33.6 Å². The Kier molecular flexibility index (Phi) is 10.4. The van der Waals surface area contributed by atoms with Gasteiger partial charge < -0.3 is 0 Å². The maximum absolute atomic E-state index is 12.4. The van der Waals surface area contributed by atoms with Gasteiger partial charge in [-0.1, -0.05) is 78.1 Å². The number of carbonyl (C=O) groups excluding carboxylic acids is 2. The van der Waals surface area contributed by atoms with E-state index in [1.807, 2.05) is 0 Å². The van der Waals surface area contributed by atoms with Gasteiger partial charge in [-0.3, -0.25) is 19.0 Å². The number of rotatable bonds is 14. The molecule has 1 saturated heterocycles. The van der Waals surface area contributed by atoms with Crippen LogP contribution in [0.3, 0.4) is 0 Å². The van der Waals surface area contributed by atoms with E-state index in [4.69, 9.17) is 0 Å². The van der Waals surface area contributed by atoms with Crippen molar-refractivity contribution in [1.82, 2.24) is 4.90 Å². The standard InChI is InChI=1S/C19H35NO5S/c1-3-5-7-9-11-13-16(14-12-10-8-6-4-2)20-18(21)15-17(19(20)22)26(23,24)25/h16-17H,3-15H2,1-2H3,(H,23,24,25). The fourth-order valence-electron chi connectivity index (χ4n) is 3.61. The number of imide groups is 1. The fraction of sp³-hybridized carbons (Fsp3) is 0.895. The highest BCUT2D eigenvalue weighted by Crippen LogP contribution is 2.27. The quantitative estimate of drug-likeness (QED) is 0.274. The molecule has 1 heterocycles. The van der Waals surface area contributed by atoms with Crippen molar-refractivity contribution in [2.75, 3.05) is 0 Å². The van der Waals surface area contributed by atoms with Gasteiger partial charge in [0.2, 0.25) is 5.91 Å². The summed E-state index contributed by atoms with van der Waals surface area (Å²) in [7, 11) is -4.53. The van der Waals surface area contributed by atoms with Gasteiger partial charge in [0, 0.05) is 6.04 Å². The van der Waals surface area contributed by atoms with Crippen molar-refractivity contribution in [2.24, 2.45) is 0 Å². The Bertz CT molecular complexity index is 532. The highest BCUT2D eigenvalue weighted by Gasteiger charge is 2.47. The summed E-state index contributed by atoms with van der Waals surface area (Å²) in [4.78, 5) is 25.9. The van der Waals surface area contributed by atoms with Gasteiger partial charge in [-0.05, 0) is 12.8 Å². The maximum Gasteiger partial charge on any atom is 0.277 e. The van der Waals surface area contributed by atoms with Gasteiger partial charge in [0.05, 0.1) is 6.42 Å². The van der Waals surface area contributed by atoms with Crippen LogP contribution in [0.15, 0.2) is 0 Å². The first-order valence-corrected chi connectivity index (χ1v) is 11.6. The van der Waals surface area contributed by atoms with Crippen molar-refractivity contribution in [3.63, 3.8) is 0 Å². The lowest BCUT2D eigenvalue weighted by Crippen LogP contribution is -2.42. The van der Waals surface area contributed by atoms with E-state index in [1.54, 1.807) is 0 Å². The third-order valence-corrected chi connectivity index (χ3v) is 6.24. The van der Waals surface area contributed by atoms with E-state index in [0.29, 0.717) is 12.8 Å². The second-order valence-electron chi connectivity index (χ2n) is 7.37. The first kappa shape index (κ1) is 23.1. The molecular weight excluding hydrogens is 354 g/mol. The Morgan fingerprint density at radius 3 is 1.77 bits per heavy atom. The predicted molar refractivity (Wildman–Crippen MR) is 102 cm³/mol. The Morgan fingerprint density at radius 2 is 1.38 bits per heavy atom. The Hall–Kier alpha value is -0.950. The van der Waals surface area contributed by atoms with Gasteiger partial charge in [0.1, 0.15) is 0 Å². The van der Waals surface area contributed by atoms with Crippen LogP contribution in [-0.2, 0) is 19.7 Å². The van der Waals surface area contributed by atoms with Crippen molar-refractivity contribution < 1.29 is 22.6 Å². The topological polar surface area (TPSA) is 91.8 Å². The van der Waals surface area contributed by atoms with Crippen LogP contribution < -0.4 is 0 Å². The minimum atomic E-state index is -4.53. The first-order chi connectivity index (χ1) is 12.3. The summed E-state index contributed by atoms with van der Waals surface area (Å²) in [5, 5.41) is -1.61.